The molecule has 11 heavy (non-hydrogen) atoms. The lowest BCUT2D eigenvalue weighted by atomic mass is 9.80. The Kier molecular flexibility index (Phi) is 3.52. The monoisotopic (exact) mass is 159 g/mol. The number of hydrogen-bond donors (Lipinski definition) is 2. The minimum absolute atomic E-state index is 0.0240. The summed E-state index contributed by atoms with van der Waals surface area (Å²) in [6, 6.07) is 0. The van der Waals surface area contributed by atoms with E-state index in [4.69, 9.17) is 5.11 Å². The molecular formula is C8H17NO2. The number of aliphatic hydroxyl groups excluding tert-OH is 1. The normalized spacial score (nSPS) is 14.3. The van der Waals surface area contributed by atoms with Crippen LogP contribution in [0.2, 0.25) is 0 Å². The van der Waals surface area contributed by atoms with E-state index in [1.807, 2.05) is 20.8 Å². The molecule has 0 fully saturated rings. The molecule has 2 N–H and O–H groups in total. The van der Waals surface area contributed by atoms with Crippen molar-refractivity contribution in [2.24, 2.45) is 11.3 Å². The van der Waals surface area contributed by atoms with Crippen molar-refractivity contribution in [3.05, 3.63) is 0 Å². The average Bonchev–Trinajstić information content (AvgIpc) is 2.01. The molecule has 0 rings (SSSR count). The Labute approximate surface area is 67.8 Å². The van der Waals surface area contributed by atoms with Gasteiger partial charge in [0.05, 0.1) is 0 Å². The molecule has 0 spiro atoms. The van der Waals surface area contributed by atoms with E-state index in [2.05, 4.69) is 5.32 Å². The van der Waals surface area contributed by atoms with Gasteiger partial charge in [-0.1, -0.05) is 20.8 Å². The zero-order valence-electron chi connectivity index (χ0n) is 7.64. The largest absolute Gasteiger partial charge is 0.396 e. The molecule has 3 heteroatoms. The molecule has 0 unspecified atom stereocenters. The number of rotatable bonds is 3. The van der Waals surface area contributed by atoms with Crippen molar-refractivity contribution in [3.8, 4) is 0 Å². The summed E-state index contributed by atoms with van der Waals surface area (Å²) in [5.41, 5.74) is -0.333. The molecule has 0 aromatic rings. The Morgan fingerprint density at radius 3 is 2.36 bits per heavy atom. The maximum absolute atomic E-state index is 11.1. The molecule has 0 aliphatic carbocycles. The van der Waals surface area contributed by atoms with Crippen LogP contribution in [0.4, 0.5) is 0 Å². The van der Waals surface area contributed by atoms with Crippen LogP contribution in [-0.2, 0) is 4.79 Å². The second-order valence-electron chi connectivity index (χ2n) is 3.48. The minimum atomic E-state index is -0.333. The van der Waals surface area contributed by atoms with Crippen LogP contribution in [0.25, 0.3) is 0 Å². The van der Waals surface area contributed by atoms with Crippen molar-refractivity contribution in [2.45, 2.75) is 20.8 Å². The number of nitrogens with one attached hydrogen (secondary N) is 1. The van der Waals surface area contributed by atoms with Crippen molar-refractivity contribution in [1.29, 1.82) is 0 Å². The second kappa shape index (κ2) is 3.72. The molecule has 0 saturated heterocycles. The van der Waals surface area contributed by atoms with E-state index < -0.39 is 0 Å². The highest BCUT2D eigenvalue weighted by Crippen LogP contribution is 2.25. The van der Waals surface area contributed by atoms with Gasteiger partial charge in [0.1, 0.15) is 0 Å². The van der Waals surface area contributed by atoms with Gasteiger partial charge in [0, 0.05) is 19.6 Å². The molecule has 0 aliphatic heterocycles. The van der Waals surface area contributed by atoms with Gasteiger partial charge in [0.15, 0.2) is 0 Å². The van der Waals surface area contributed by atoms with Gasteiger partial charge in [0.25, 0.3) is 0 Å². The Bertz CT molecular complexity index is 143. The van der Waals surface area contributed by atoms with E-state index in [9.17, 15) is 4.79 Å². The van der Waals surface area contributed by atoms with Crippen molar-refractivity contribution in [1.82, 2.24) is 5.32 Å². The first-order valence-electron chi connectivity index (χ1n) is 3.78. The summed E-state index contributed by atoms with van der Waals surface area (Å²) >= 11 is 0. The molecule has 0 aromatic carbocycles. The van der Waals surface area contributed by atoms with Gasteiger partial charge < -0.3 is 10.4 Å². The van der Waals surface area contributed by atoms with Crippen LogP contribution in [0.1, 0.15) is 20.8 Å². The summed E-state index contributed by atoms with van der Waals surface area (Å²) < 4.78 is 0. The molecule has 0 heterocycles. The molecule has 66 valence electrons. The summed E-state index contributed by atoms with van der Waals surface area (Å²) in [5, 5.41) is 11.5. The number of hydrogen-bond acceptors (Lipinski definition) is 2. The Morgan fingerprint density at radius 2 is 2.09 bits per heavy atom. The van der Waals surface area contributed by atoms with E-state index in [1.54, 1.807) is 7.05 Å². The SMILES string of the molecule is CNC(=O)[C@@H](C)C(C)(C)CO. The van der Waals surface area contributed by atoms with Crippen LogP contribution in [0.15, 0.2) is 0 Å². The molecular weight excluding hydrogens is 142 g/mol. The Morgan fingerprint density at radius 1 is 1.64 bits per heavy atom. The second-order valence-corrected chi connectivity index (χ2v) is 3.48. The lowest BCUT2D eigenvalue weighted by Gasteiger charge is -2.27. The van der Waals surface area contributed by atoms with Crippen molar-refractivity contribution in [3.63, 3.8) is 0 Å². The molecule has 0 radical (unpaired) electrons. The smallest absolute Gasteiger partial charge is 0.223 e. The van der Waals surface area contributed by atoms with Crippen LogP contribution in [0.5, 0.6) is 0 Å². The molecule has 0 aliphatic rings. The van der Waals surface area contributed by atoms with Crippen molar-refractivity contribution >= 4 is 5.91 Å². The topological polar surface area (TPSA) is 49.3 Å². The molecule has 0 bridgehead atoms. The number of aliphatic hydroxyl groups is 1. The highest BCUT2D eigenvalue weighted by atomic mass is 16.3. The zero-order valence-corrected chi connectivity index (χ0v) is 7.64. The molecule has 3 nitrogen and oxygen atoms in total. The summed E-state index contributed by atoms with van der Waals surface area (Å²) in [6.07, 6.45) is 0. The summed E-state index contributed by atoms with van der Waals surface area (Å²) in [5.74, 6) is -0.179. The predicted molar refractivity (Wildman–Crippen MR) is 44.1 cm³/mol. The van der Waals surface area contributed by atoms with Gasteiger partial charge in [-0.25, -0.2) is 0 Å². The lowest BCUT2D eigenvalue weighted by Crippen LogP contribution is -2.37. The number of carbonyl (C=O) groups is 1. The van der Waals surface area contributed by atoms with Gasteiger partial charge in [0.2, 0.25) is 5.91 Å². The van der Waals surface area contributed by atoms with Gasteiger partial charge in [-0.3, -0.25) is 4.79 Å². The van der Waals surface area contributed by atoms with E-state index in [0.29, 0.717) is 0 Å². The Balaban J connectivity index is 4.22. The van der Waals surface area contributed by atoms with Gasteiger partial charge >= 0.3 is 0 Å². The number of carbonyl (C=O) groups excluding carboxylic acids is 1. The van der Waals surface area contributed by atoms with Crippen LogP contribution < -0.4 is 5.32 Å². The molecule has 1 atom stereocenters. The van der Waals surface area contributed by atoms with Crippen molar-refractivity contribution in [2.75, 3.05) is 13.7 Å². The first-order chi connectivity index (χ1) is 4.95. The maximum Gasteiger partial charge on any atom is 0.223 e. The van der Waals surface area contributed by atoms with E-state index >= 15 is 0 Å². The standard InChI is InChI=1S/C8H17NO2/c1-6(7(11)9-4)8(2,3)5-10/h6,10H,5H2,1-4H3,(H,9,11)/t6-/m1/s1. The van der Waals surface area contributed by atoms with E-state index in [0.717, 1.165) is 0 Å². The van der Waals surface area contributed by atoms with E-state index in [1.165, 1.54) is 0 Å². The van der Waals surface area contributed by atoms with Crippen LogP contribution in [0.3, 0.4) is 0 Å². The summed E-state index contributed by atoms with van der Waals surface area (Å²) in [4.78, 5) is 11.1. The zero-order chi connectivity index (χ0) is 9.07. The highest BCUT2D eigenvalue weighted by Gasteiger charge is 2.29. The van der Waals surface area contributed by atoms with Crippen LogP contribution >= 0.6 is 0 Å². The minimum Gasteiger partial charge on any atom is -0.396 e. The number of amides is 1. The first-order valence-corrected chi connectivity index (χ1v) is 3.78. The average molecular weight is 159 g/mol. The summed E-state index contributed by atoms with van der Waals surface area (Å²) in [7, 11) is 1.60. The maximum atomic E-state index is 11.1. The van der Waals surface area contributed by atoms with Crippen LogP contribution in [0, 0.1) is 11.3 Å². The van der Waals surface area contributed by atoms with Gasteiger partial charge in [-0.2, -0.15) is 0 Å². The fourth-order valence-electron chi connectivity index (χ4n) is 0.708. The molecule has 1 amide bonds. The molecule has 0 saturated carbocycles. The third-order valence-corrected chi connectivity index (χ3v) is 2.22. The third-order valence-electron chi connectivity index (χ3n) is 2.22. The predicted octanol–water partition coefficient (Wildman–Crippen LogP) is 0.387. The van der Waals surface area contributed by atoms with Gasteiger partial charge in [-0.05, 0) is 5.41 Å². The Hall–Kier alpha value is -0.570. The van der Waals surface area contributed by atoms with Crippen molar-refractivity contribution < 1.29 is 9.90 Å². The quantitative estimate of drug-likeness (QED) is 0.625. The fourth-order valence-corrected chi connectivity index (χ4v) is 0.708. The summed E-state index contributed by atoms with van der Waals surface area (Å²) in [6.45, 7) is 5.58. The third kappa shape index (κ3) is 2.50. The lowest BCUT2D eigenvalue weighted by molar-refractivity contribution is -0.128. The first kappa shape index (κ1) is 10.4. The fraction of sp³-hybridized carbons (Fsp3) is 0.875. The van der Waals surface area contributed by atoms with Gasteiger partial charge in [-0.15, -0.1) is 0 Å². The van der Waals surface area contributed by atoms with Crippen LogP contribution in [-0.4, -0.2) is 24.7 Å². The highest BCUT2D eigenvalue weighted by molar-refractivity contribution is 5.78. The molecule has 0 aromatic heterocycles. The van der Waals surface area contributed by atoms with E-state index in [-0.39, 0.29) is 23.8 Å².